The van der Waals surface area contributed by atoms with Crippen LogP contribution in [0.15, 0.2) is 65.7 Å². The summed E-state index contributed by atoms with van der Waals surface area (Å²) in [4.78, 5) is 20.0. The van der Waals surface area contributed by atoms with Gasteiger partial charge in [-0.25, -0.2) is 14.7 Å². The van der Waals surface area contributed by atoms with Gasteiger partial charge in [0, 0.05) is 18.7 Å². The van der Waals surface area contributed by atoms with Gasteiger partial charge in [0.15, 0.2) is 0 Å². The van der Waals surface area contributed by atoms with Crippen molar-refractivity contribution in [3.05, 3.63) is 66.2 Å². The van der Waals surface area contributed by atoms with E-state index in [0.29, 0.717) is 32.0 Å². The Balaban J connectivity index is 1.91. The summed E-state index contributed by atoms with van der Waals surface area (Å²) in [6.07, 6.45) is -4.84. The lowest BCUT2D eigenvalue weighted by molar-refractivity contribution is -0.195. The highest BCUT2D eigenvalue weighted by Gasteiger charge is 2.61. The maximum Gasteiger partial charge on any atom is 0.437 e. The van der Waals surface area contributed by atoms with Crippen molar-refractivity contribution in [3.8, 4) is 0 Å². The van der Waals surface area contributed by atoms with Crippen LogP contribution in [-0.2, 0) is 10.4 Å². The number of anilines is 1. The third-order valence-electron chi connectivity index (χ3n) is 4.87. The second kappa shape index (κ2) is 7.40. The highest BCUT2D eigenvalue weighted by molar-refractivity contribution is 6.17. The molecule has 0 aliphatic carbocycles. The number of nitrogens with one attached hydrogen (secondary N) is 1. The molecular weight excluding hydrogens is 385 g/mol. The largest absolute Gasteiger partial charge is 0.437 e. The Morgan fingerprint density at radius 2 is 1.55 bits per heavy atom. The van der Waals surface area contributed by atoms with Crippen molar-refractivity contribution < 1.29 is 22.7 Å². The molecule has 152 valence electrons. The predicted molar refractivity (Wildman–Crippen MR) is 101 cm³/mol. The van der Waals surface area contributed by atoms with Gasteiger partial charge in [0.25, 0.3) is 5.66 Å². The number of nitrogens with zero attached hydrogens (tertiary/aromatic N) is 3. The van der Waals surface area contributed by atoms with E-state index in [9.17, 15) is 18.0 Å². The van der Waals surface area contributed by atoms with Crippen LogP contribution in [0.25, 0.3) is 0 Å². The monoisotopic (exact) mass is 404 g/mol. The van der Waals surface area contributed by atoms with Crippen LogP contribution in [-0.4, -0.2) is 49.4 Å². The normalized spacial score (nSPS) is 22.9. The molecule has 1 N–H and O–H groups in total. The molecule has 2 aromatic carbocycles. The molecule has 0 bridgehead atoms. The third kappa shape index (κ3) is 3.42. The van der Waals surface area contributed by atoms with Gasteiger partial charge >= 0.3 is 12.2 Å². The minimum atomic E-state index is -4.84. The number of rotatable bonds is 2. The molecule has 6 nitrogen and oxygen atoms in total. The number of alkyl halides is 3. The molecule has 1 atom stereocenters. The number of hydrogen-bond acceptors (Lipinski definition) is 4. The fourth-order valence-corrected chi connectivity index (χ4v) is 3.43. The van der Waals surface area contributed by atoms with Crippen LogP contribution in [0.5, 0.6) is 0 Å². The number of carbonyl (C=O) groups excluding carboxylic acids is 1. The molecule has 0 radical (unpaired) electrons. The Morgan fingerprint density at radius 1 is 0.966 bits per heavy atom. The Kier molecular flexibility index (Phi) is 4.91. The zero-order chi connectivity index (χ0) is 20.5. The smallest absolute Gasteiger partial charge is 0.378 e. The summed E-state index contributed by atoms with van der Waals surface area (Å²) in [5.74, 6) is -0.0515. The first-order valence-corrected chi connectivity index (χ1v) is 9.14. The van der Waals surface area contributed by atoms with Gasteiger partial charge in [0.05, 0.1) is 18.9 Å². The molecule has 29 heavy (non-hydrogen) atoms. The van der Waals surface area contributed by atoms with E-state index in [1.54, 1.807) is 41.3 Å². The zero-order valence-corrected chi connectivity index (χ0v) is 15.4. The number of benzene rings is 2. The van der Waals surface area contributed by atoms with E-state index < -0.39 is 17.9 Å². The minimum Gasteiger partial charge on any atom is -0.378 e. The summed E-state index contributed by atoms with van der Waals surface area (Å²) in [6.45, 7) is 1.34. The van der Waals surface area contributed by atoms with Crippen LogP contribution in [0.4, 0.5) is 23.7 Å². The molecule has 1 saturated heterocycles. The maximum atomic E-state index is 14.3. The zero-order valence-electron chi connectivity index (χ0n) is 15.4. The van der Waals surface area contributed by atoms with Crippen molar-refractivity contribution >= 4 is 17.7 Å². The number of morpholine rings is 1. The van der Waals surface area contributed by atoms with E-state index in [-0.39, 0.29) is 11.5 Å². The van der Waals surface area contributed by atoms with Gasteiger partial charge in [-0.05, 0) is 12.1 Å². The van der Waals surface area contributed by atoms with Gasteiger partial charge in [-0.2, -0.15) is 13.2 Å². The van der Waals surface area contributed by atoms with Crippen LogP contribution in [0, 0.1) is 0 Å². The number of para-hydroxylation sites is 1. The molecule has 2 heterocycles. The summed E-state index contributed by atoms with van der Waals surface area (Å²) in [7, 11) is 0. The number of ether oxygens (including phenoxy) is 1. The van der Waals surface area contributed by atoms with E-state index >= 15 is 0 Å². The number of halogens is 3. The average Bonchev–Trinajstić information content (AvgIpc) is 2.74. The van der Waals surface area contributed by atoms with Gasteiger partial charge in [0.1, 0.15) is 0 Å². The Labute approximate surface area is 165 Å². The molecule has 0 spiro atoms. The molecule has 4 rings (SSSR count). The summed E-state index contributed by atoms with van der Waals surface area (Å²) in [5.41, 5.74) is -2.59. The predicted octanol–water partition coefficient (Wildman–Crippen LogP) is 3.32. The van der Waals surface area contributed by atoms with E-state index in [1.807, 2.05) is 0 Å². The van der Waals surface area contributed by atoms with E-state index in [4.69, 9.17) is 4.74 Å². The first-order valence-electron chi connectivity index (χ1n) is 9.14. The van der Waals surface area contributed by atoms with Crippen molar-refractivity contribution in [1.29, 1.82) is 0 Å². The van der Waals surface area contributed by atoms with Crippen molar-refractivity contribution in [2.24, 2.45) is 4.99 Å². The number of guanidine groups is 1. The van der Waals surface area contributed by atoms with Gasteiger partial charge in [0.2, 0.25) is 5.96 Å². The lowest BCUT2D eigenvalue weighted by atomic mass is 9.98. The molecule has 2 aromatic rings. The molecule has 2 amide bonds. The Bertz CT molecular complexity index is 899. The molecule has 2 aliphatic heterocycles. The number of urea groups is 1. The van der Waals surface area contributed by atoms with Crippen LogP contribution in [0.2, 0.25) is 0 Å². The first kappa shape index (κ1) is 19.3. The van der Waals surface area contributed by atoms with Gasteiger partial charge in [-0.15, -0.1) is 0 Å². The molecule has 1 fully saturated rings. The van der Waals surface area contributed by atoms with Crippen LogP contribution < -0.4 is 10.2 Å². The molecule has 0 saturated carbocycles. The second-order valence-corrected chi connectivity index (χ2v) is 6.69. The summed E-state index contributed by atoms with van der Waals surface area (Å²) in [6, 6.07) is 14.8. The van der Waals surface area contributed by atoms with E-state index in [2.05, 4.69) is 10.3 Å². The lowest BCUT2D eigenvalue weighted by Crippen LogP contribution is -2.66. The number of aliphatic imine (C=N–C) groups is 1. The first-order chi connectivity index (χ1) is 13.9. The van der Waals surface area contributed by atoms with Gasteiger partial charge in [-0.3, -0.25) is 0 Å². The summed E-state index contributed by atoms with van der Waals surface area (Å²) >= 11 is 0. The SMILES string of the molecule is O=C1N[C@](c2ccccc2)(C(F)(F)F)N=C(N2CCOCC2)N1c1ccccc1. The Hall–Kier alpha value is -3.07. The maximum absolute atomic E-state index is 14.3. The van der Waals surface area contributed by atoms with Gasteiger partial charge < -0.3 is 15.0 Å². The van der Waals surface area contributed by atoms with Crippen molar-refractivity contribution in [2.45, 2.75) is 11.8 Å². The fourth-order valence-electron chi connectivity index (χ4n) is 3.43. The second-order valence-electron chi connectivity index (χ2n) is 6.69. The van der Waals surface area contributed by atoms with Crippen molar-refractivity contribution in [3.63, 3.8) is 0 Å². The standard InChI is InChI=1S/C20H19F3N4O2/c21-20(22,23)19(15-7-3-1-4-8-15)24-17(26-11-13-29-14-12-26)27(18(28)25-19)16-9-5-2-6-10-16/h1-10H,11-14H2,(H,25,28)/t19-/m1/s1. The summed E-state index contributed by atoms with van der Waals surface area (Å²) < 4.78 is 48.4. The van der Waals surface area contributed by atoms with Gasteiger partial charge in [-0.1, -0.05) is 48.5 Å². The topological polar surface area (TPSA) is 57.2 Å². The van der Waals surface area contributed by atoms with E-state index in [0.717, 1.165) is 0 Å². The lowest BCUT2D eigenvalue weighted by Gasteiger charge is -2.44. The Morgan fingerprint density at radius 3 is 2.14 bits per heavy atom. The number of hydrogen-bond donors (Lipinski definition) is 1. The minimum absolute atomic E-state index is 0.0515. The summed E-state index contributed by atoms with van der Waals surface area (Å²) in [5, 5.41) is 2.12. The molecule has 9 heteroatoms. The van der Waals surface area contributed by atoms with Crippen LogP contribution in [0.3, 0.4) is 0 Å². The number of carbonyl (C=O) groups is 1. The van der Waals surface area contributed by atoms with Crippen molar-refractivity contribution in [2.75, 3.05) is 31.2 Å². The average molecular weight is 404 g/mol. The highest BCUT2D eigenvalue weighted by atomic mass is 19.4. The number of amides is 2. The molecule has 2 aliphatic rings. The highest BCUT2D eigenvalue weighted by Crippen LogP contribution is 2.43. The van der Waals surface area contributed by atoms with Crippen LogP contribution >= 0.6 is 0 Å². The molecular formula is C20H19F3N4O2. The van der Waals surface area contributed by atoms with Crippen molar-refractivity contribution in [1.82, 2.24) is 10.2 Å². The van der Waals surface area contributed by atoms with Crippen LogP contribution in [0.1, 0.15) is 5.56 Å². The quantitative estimate of drug-likeness (QED) is 0.836. The fraction of sp³-hybridized carbons (Fsp3) is 0.300. The third-order valence-corrected chi connectivity index (χ3v) is 4.87. The van der Waals surface area contributed by atoms with E-state index in [1.165, 1.54) is 29.2 Å². The molecule has 0 unspecified atom stereocenters. The molecule has 0 aromatic heterocycles.